The van der Waals surface area contributed by atoms with Gasteiger partial charge in [-0.1, -0.05) is 19.8 Å². The number of aliphatic hydroxyl groups is 1. The minimum absolute atomic E-state index is 0.529. The fourth-order valence-corrected chi connectivity index (χ4v) is 3.18. The van der Waals surface area contributed by atoms with Crippen LogP contribution in [0.25, 0.3) is 0 Å². The third kappa shape index (κ3) is 3.12. The summed E-state index contributed by atoms with van der Waals surface area (Å²) in [5.41, 5.74) is 2.19. The molecule has 1 fully saturated rings. The van der Waals surface area contributed by atoms with Crippen molar-refractivity contribution in [3.05, 3.63) is 11.5 Å². The average Bonchev–Trinajstić information content (AvgIpc) is 3.05. The van der Waals surface area contributed by atoms with Gasteiger partial charge in [0.25, 0.3) is 0 Å². The number of hydrogen-bond acceptors (Lipinski definition) is 5. The first-order valence-corrected chi connectivity index (χ1v) is 8.37. The maximum absolute atomic E-state index is 10.4. The smallest absolute Gasteiger partial charge is 0.159 e. The molecule has 0 radical (unpaired) electrons. The molecular formula is C16H26N4O. The summed E-state index contributed by atoms with van der Waals surface area (Å²) in [5.74, 6) is 1.63. The van der Waals surface area contributed by atoms with Crippen molar-refractivity contribution in [2.75, 3.05) is 29.9 Å². The Morgan fingerprint density at radius 3 is 2.81 bits per heavy atom. The van der Waals surface area contributed by atoms with Crippen LogP contribution in [0.4, 0.5) is 11.5 Å². The quantitative estimate of drug-likeness (QED) is 0.873. The van der Waals surface area contributed by atoms with E-state index in [2.05, 4.69) is 22.1 Å². The molecular weight excluding hydrogens is 264 g/mol. The van der Waals surface area contributed by atoms with Crippen LogP contribution in [0.2, 0.25) is 0 Å². The number of nitrogens with one attached hydrogen (secondary N) is 1. The van der Waals surface area contributed by atoms with E-state index in [4.69, 9.17) is 4.98 Å². The molecule has 116 valence electrons. The van der Waals surface area contributed by atoms with Crippen molar-refractivity contribution >= 4 is 11.5 Å². The van der Waals surface area contributed by atoms with Gasteiger partial charge in [0.05, 0.1) is 11.4 Å². The van der Waals surface area contributed by atoms with E-state index in [0.29, 0.717) is 5.82 Å². The number of aliphatic hydroxyl groups excluding tert-OH is 1. The molecule has 1 aromatic heterocycles. The van der Waals surface area contributed by atoms with Crippen LogP contribution >= 0.6 is 0 Å². The van der Waals surface area contributed by atoms with Gasteiger partial charge in [-0.3, -0.25) is 0 Å². The topological polar surface area (TPSA) is 61.3 Å². The Labute approximate surface area is 126 Å². The van der Waals surface area contributed by atoms with Crippen LogP contribution in [0, 0.1) is 0 Å². The number of aryl methyl sites for hydroxylation is 1. The van der Waals surface area contributed by atoms with Gasteiger partial charge in [0, 0.05) is 19.6 Å². The number of unbranched alkanes of at least 4 members (excludes halogenated alkanes) is 1. The fraction of sp³-hybridized carbons (Fsp3) is 0.750. The van der Waals surface area contributed by atoms with Gasteiger partial charge >= 0.3 is 0 Å². The summed E-state index contributed by atoms with van der Waals surface area (Å²) in [6.45, 7) is 5.26. The zero-order chi connectivity index (χ0) is 14.7. The number of fused-ring (bicyclic) bond motifs is 1. The molecule has 3 rings (SSSR count). The molecule has 3 heterocycles. The van der Waals surface area contributed by atoms with Crippen LogP contribution in [-0.2, 0) is 6.42 Å². The second-order valence-electron chi connectivity index (χ2n) is 6.11. The number of anilines is 2. The molecule has 0 spiro atoms. The predicted octanol–water partition coefficient (Wildman–Crippen LogP) is 2.66. The van der Waals surface area contributed by atoms with Crippen molar-refractivity contribution in [3.63, 3.8) is 0 Å². The van der Waals surface area contributed by atoms with Crippen molar-refractivity contribution in [2.45, 2.75) is 58.0 Å². The van der Waals surface area contributed by atoms with Gasteiger partial charge in [0.1, 0.15) is 6.10 Å². The van der Waals surface area contributed by atoms with Crippen LogP contribution in [-0.4, -0.2) is 34.7 Å². The van der Waals surface area contributed by atoms with Gasteiger partial charge in [-0.2, -0.15) is 0 Å². The molecule has 5 heteroatoms. The number of rotatable bonds is 5. The standard InChI is InChI=1S/C16H26N4O/c1-2-3-8-13(21)15-18-12-7-6-9-17-14(12)16(19-15)20-10-4-5-11-20/h13,17,21H,2-11H2,1H3. The Balaban J connectivity index is 1.92. The summed E-state index contributed by atoms with van der Waals surface area (Å²) in [6, 6.07) is 0. The summed E-state index contributed by atoms with van der Waals surface area (Å²) in [7, 11) is 0. The SMILES string of the molecule is CCCCC(O)c1nc2c(c(N3CCCC3)n1)NCCC2. The van der Waals surface area contributed by atoms with E-state index in [0.717, 1.165) is 68.9 Å². The lowest BCUT2D eigenvalue weighted by Gasteiger charge is -2.26. The summed E-state index contributed by atoms with van der Waals surface area (Å²) in [4.78, 5) is 11.7. The molecule has 1 unspecified atom stereocenters. The highest BCUT2D eigenvalue weighted by molar-refractivity contribution is 5.69. The lowest BCUT2D eigenvalue weighted by atomic mass is 10.1. The summed E-state index contributed by atoms with van der Waals surface area (Å²) >= 11 is 0. The van der Waals surface area contributed by atoms with E-state index >= 15 is 0 Å². The normalized spacial score (nSPS) is 19.2. The highest BCUT2D eigenvalue weighted by atomic mass is 16.3. The molecule has 2 aliphatic rings. The molecule has 1 atom stereocenters. The van der Waals surface area contributed by atoms with Gasteiger partial charge in [0.15, 0.2) is 11.6 Å². The van der Waals surface area contributed by atoms with Crippen molar-refractivity contribution in [3.8, 4) is 0 Å². The largest absolute Gasteiger partial charge is 0.385 e. The number of hydrogen-bond donors (Lipinski definition) is 2. The number of nitrogens with zero attached hydrogens (tertiary/aromatic N) is 3. The summed E-state index contributed by atoms with van der Waals surface area (Å²) < 4.78 is 0. The van der Waals surface area contributed by atoms with Crippen LogP contribution in [0.15, 0.2) is 0 Å². The zero-order valence-corrected chi connectivity index (χ0v) is 12.9. The first kappa shape index (κ1) is 14.6. The molecule has 1 saturated heterocycles. The average molecular weight is 290 g/mol. The van der Waals surface area contributed by atoms with Gasteiger partial charge in [-0.25, -0.2) is 9.97 Å². The van der Waals surface area contributed by atoms with E-state index in [-0.39, 0.29) is 0 Å². The van der Waals surface area contributed by atoms with E-state index in [1.54, 1.807) is 0 Å². The molecule has 21 heavy (non-hydrogen) atoms. The maximum atomic E-state index is 10.4. The van der Waals surface area contributed by atoms with Crippen LogP contribution in [0.5, 0.6) is 0 Å². The molecule has 0 saturated carbocycles. The monoisotopic (exact) mass is 290 g/mol. The second kappa shape index (κ2) is 6.60. The third-order valence-corrected chi connectivity index (χ3v) is 4.41. The Kier molecular flexibility index (Phi) is 4.58. The first-order valence-electron chi connectivity index (χ1n) is 8.37. The van der Waals surface area contributed by atoms with Gasteiger partial charge in [-0.05, 0) is 32.1 Å². The van der Waals surface area contributed by atoms with Crippen LogP contribution < -0.4 is 10.2 Å². The Morgan fingerprint density at radius 1 is 1.24 bits per heavy atom. The molecule has 5 nitrogen and oxygen atoms in total. The van der Waals surface area contributed by atoms with E-state index in [1.165, 1.54) is 12.8 Å². The molecule has 0 bridgehead atoms. The summed E-state index contributed by atoms with van der Waals surface area (Å²) in [5, 5.41) is 13.8. The first-order chi connectivity index (χ1) is 10.3. The summed E-state index contributed by atoms with van der Waals surface area (Å²) in [6.07, 6.45) is 6.87. The Hall–Kier alpha value is -1.36. The lowest BCUT2D eigenvalue weighted by molar-refractivity contribution is 0.154. The van der Waals surface area contributed by atoms with Gasteiger partial charge in [-0.15, -0.1) is 0 Å². The maximum Gasteiger partial charge on any atom is 0.159 e. The van der Waals surface area contributed by atoms with Crippen molar-refractivity contribution in [1.82, 2.24) is 9.97 Å². The van der Waals surface area contributed by atoms with E-state index in [1.807, 2.05) is 0 Å². The fourth-order valence-electron chi connectivity index (χ4n) is 3.18. The van der Waals surface area contributed by atoms with Crippen molar-refractivity contribution < 1.29 is 5.11 Å². The van der Waals surface area contributed by atoms with E-state index < -0.39 is 6.10 Å². The Bertz CT molecular complexity index is 485. The Morgan fingerprint density at radius 2 is 2.05 bits per heavy atom. The molecule has 2 aliphatic heterocycles. The minimum atomic E-state index is -0.529. The molecule has 0 amide bonds. The van der Waals surface area contributed by atoms with Crippen LogP contribution in [0.3, 0.4) is 0 Å². The third-order valence-electron chi connectivity index (χ3n) is 4.41. The lowest BCUT2D eigenvalue weighted by Crippen LogP contribution is -2.25. The molecule has 1 aromatic rings. The highest BCUT2D eigenvalue weighted by Gasteiger charge is 2.25. The second-order valence-corrected chi connectivity index (χ2v) is 6.11. The van der Waals surface area contributed by atoms with E-state index in [9.17, 15) is 5.11 Å². The zero-order valence-electron chi connectivity index (χ0n) is 12.9. The van der Waals surface area contributed by atoms with Crippen LogP contribution in [0.1, 0.15) is 63.1 Å². The highest BCUT2D eigenvalue weighted by Crippen LogP contribution is 2.33. The molecule has 0 aliphatic carbocycles. The van der Waals surface area contributed by atoms with Gasteiger partial charge in [0.2, 0.25) is 0 Å². The predicted molar refractivity (Wildman–Crippen MR) is 84.8 cm³/mol. The molecule has 2 N–H and O–H groups in total. The molecule has 0 aromatic carbocycles. The minimum Gasteiger partial charge on any atom is -0.385 e. The van der Waals surface area contributed by atoms with Crippen molar-refractivity contribution in [2.24, 2.45) is 0 Å². The number of aromatic nitrogens is 2. The van der Waals surface area contributed by atoms with Gasteiger partial charge < -0.3 is 15.3 Å². The van der Waals surface area contributed by atoms with Crippen molar-refractivity contribution in [1.29, 1.82) is 0 Å².